The molecule has 42 valence electrons. The van der Waals surface area contributed by atoms with E-state index in [1.165, 1.54) is 0 Å². The average Bonchev–Trinajstić information content (AvgIpc) is 1.61. The van der Waals surface area contributed by atoms with Crippen molar-refractivity contribution < 1.29 is 8.76 Å². The average molecular weight is 124 g/mol. The fourth-order valence-corrected chi connectivity index (χ4v) is 0.245. The third-order valence-corrected chi connectivity index (χ3v) is 0.629. The zero-order valence-corrected chi connectivity index (χ0v) is 4.14. The van der Waals surface area contributed by atoms with Crippen LogP contribution in [-0.4, -0.2) is 15.4 Å². The number of rotatable bonds is 3. The van der Waals surface area contributed by atoms with Gasteiger partial charge in [-0.3, -0.25) is 4.55 Å². The predicted octanol–water partition coefficient (Wildman–Crippen LogP) is -0.563. The molecule has 0 aromatic carbocycles. The quantitative estimate of drug-likeness (QED) is 0.391. The Morgan fingerprint density at radius 1 is 1.86 bits per heavy atom. The molecule has 2 N–H and O–H groups in total. The van der Waals surface area contributed by atoms with Crippen LogP contribution in [0.1, 0.15) is 0 Å². The number of nitrogens with zero attached hydrogens (tertiary/aromatic N) is 1. The van der Waals surface area contributed by atoms with Gasteiger partial charge in [0, 0.05) is 0 Å². The Balaban J connectivity index is 2.97. The van der Waals surface area contributed by atoms with Gasteiger partial charge in [0.25, 0.3) is 0 Å². The van der Waals surface area contributed by atoms with Crippen molar-refractivity contribution in [1.82, 2.24) is 4.72 Å². The van der Waals surface area contributed by atoms with Gasteiger partial charge in [-0.05, 0) is 0 Å². The van der Waals surface area contributed by atoms with E-state index in [1.807, 2.05) is 4.72 Å². The highest BCUT2D eigenvalue weighted by Gasteiger charge is 1.84. The zero-order valence-electron chi connectivity index (χ0n) is 3.33. The van der Waals surface area contributed by atoms with Gasteiger partial charge in [0.15, 0.2) is 0 Å². The minimum Gasteiger partial charge on any atom is -0.294 e. The fraction of sp³-hybridized carbons (Fsp3) is 1.00. The molecule has 0 spiro atoms. The summed E-state index contributed by atoms with van der Waals surface area (Å²) in [6.07, 6.45) is 0. The molecule has 0 aliphatic rings. The van der Waals surface area contributed by atoms with Crippen LogP contribution in [0.4, 0.5) is 0 Å². The van der Waals surface area contributed by atoms with Crippen LogP contribution in [0.5, 0.6) is 0 Å². The minimum absolute atomic E-state index is 0.330. The van der Waals surface area contributed by atoms with E-state index < -0.39 is 11.3 Å². The maximum absolute atomic E-state index is 9.56. The third-order valence-electron chi connectivity index (χ3n) is 0.253. The molecule has 0 aliphatic carbocycles. The maximum Gasteiger partial charge on any atom is 0.233 e. The lowest BCUT2D eigenvalue weighted by atomic mass is 11.3. The highest BCUT2D eigenvalue weighted by atomic mass is 32.2. The first-order chi connectivity index (χ1) is 3.27. The van der Waals surface area contributed by atoms with Crippen LogP contribution in [0, 0.1) is 4.91 Å². The van der Waals surface area contributed by atoms with Crippen molar-refractivity contribution in [3.63, 3.8) is 0 Å². The molecule has 0 amide bonds. The van der Waals surface area contributed by atoms with E-state index in [-0.39, 0.29) is 6.67 Å². The second kappa shape index (κ2) is 3.85. The van der Waals surface area contributed by atoms with Gasteiger partial charge in [-0.2, -0.15) is 4.72 Å². The summed E-state index contributed by atoms with van der Waals surface area (Å²) in [7, 11) is 0. The molecule has 0 saturated carbocycles. The van der Waals surface area contributed by atoms with Crippen LogP contribution in [0.15, 0.2) is 5.18 Å². The van der Waals surface area contributed by atoms with Crippen molar-refractivity contribution in [1.29, 1.82) is 0 Å². The third kappa shape index (κ3) is 5.67. The highest BCUT2D eigenvalue weighted by Crippen LogP contribution is 1.61. The Morgan fingerprint density at radius 3 is 2.57 bits per heavy atom. The molecule has 7 heavy (non-hydrogen) atoms. The van der Waals surface area contributed by atoms with Crippen molar-refractivity contribution in [2.75, 3.05) is 6.67 Å². The second-order valence-corrected chi connectivity index (χ2v) is 1.47. The van der Waals surface area contributed by atoms with Gasteiger partial charge in [0.2, 0.25) is 11.3 Å². The summed E-state index contributed by atoms with van der Waals surface area (Å²) in [5.41, 5.74) is 0. The van der Waals surface area contributed by atoms with Crippen LogP contribution in [0.3, 0.4) is 0 Å². The summed E-state index contributed by atoms with van der Waals surface area (Å²) in [4.78, 5) is 9.15. The molecule has 0 rings (SSSR count). The Morgan fingerprint density at radius 2 is 2.43 bits per heavy atom. The molecule has 5 nitrogen and oxygen atoms in total. The first kappa shape index (κ1) is 6.67. The molecule has 1 unspecified atom stereocenters. The van der Waals surface area contributed by atoms with Crippen LogP contribution >= 0.6 is 0 Å². The lowest BCUT2D eigenvalue weighted by molar-refractivity contribution is 0.550. The normalized spacial score (nSPS) is 13.3. The molecule has 0 bridgehead atoms. The molecular formula is CH4N2O3S. The second-order valence-electron chi connectivity index (χ2n) is 0.681. The number of hydrogen-bond donors (Lipinski definition) is 2. The van der Waals surface area contributed by atoms with Gasteiger partial charge in [-0.1, -0.05) is 5.18 Å². The predicted molar refractivity (Wildman–Crippen MR) is 24.6 cm³/mol. The molecule has 0 aliphatic heterocycles. The van der Waals surface area contributed by atoms with Gasteiger partial charge in [-0.25, -0.2) is 4.21 Å². The van der Waals surface area contributed by atoms with E-state index in [9.17, 15) is 4.21 Å². The van der Waals surface area contributed by atoms with Gasteiger partial charge in [0.05, 0.1) is 0 Å². The Labute approximate surface area is 42.5 Å². The molecule has 6 heteroatoms. The number of nitrogens with one attached hydrogen (secondary N) is 1. The smallest absolute Gasteiger partial charge is 0.233 e. The van der Waals surface area contributed by atoms with Crippen LogP contribution < -0.4 is 4.72 Å². The fourth-order valence-electron chi connectivity index (χ4n) is 0.0816. The van der Waals surface area contributed by atoms with Crippen molar-refractivity contribution in [2.24, 2.45) is 5.18 Å². The van der Waals surface area contributed by atoms with Gasteiger partial charge in [-0.15, -0.1) is 4.91 Å². The maximum atomic E-state index is 9.56. The summed E-state index contributed by atoms with van der Waals surface area (Å²) in [5.74, 6) is 0. The van der Waals surface area contributed by atoms with Crippen molar-refractivity contribution >= 4 is 11.3 Å². The first-order valence-electron chi connectivity index (χ1n) is 1.41. The monoisotopic (exact) mass is 124 g/mol. The largest absolute Gasteiger partial charge is 0.294 e. The van der Waals surface area contributed by atoms with Crippen LogP contribution in [0.25, 0.3) is 0 Å². The zero-order chi connectivity index (χ0) is 5.70. The van der Waals surface area contributed by atoms with Crippen molar-refractivity contribution in [3.05, 3.63) is 4.91 Å². The van der Waals surface area contributed by atoms with Gasteiger partial charge in [0.1, 0.15) is 6.67 Å². The molecule has 0 radical (unpaired) electrons. The topological polar surface area (TPSA) is 78.8 Å². The van der Waals surface area contributed by atoms with Crippen LogP contribution in [-0.2, 0) is 11.3 Å². The molecule has 0 saturated heterocycles. The molecule has 0 fully saturated rings. The molecule has 1 atom stereocenters. The lowest BCUT2D eigenvalue weighted by Gasteiger charge is -1.84. The first-order valence-corrected chi connectivity index (χ1v) is 2.51. The summed E-state index contributed by atoms with van der Waals surface area (Å²) >= 11 is -2.11. The van der Waals surface area contributed by atoms with E-state index in [2.05, 4.69) is 5.18 Å². The Kier molecular flexibility index (Phi) is 3.67. The molecule has 0 aromatic rings. The van der Waals surface area contributed by atoms with Gasteiger partial charge < -0.3 is 0 Å². The van der Waals surface area contributed by atoms with E-state index in [1.54, 1.807) is 0 Å². The summed E-state index contributed by atoms with van der Waals surface area (Å²) < 4.78 is 19.2. The Hall–Kier alpha value is -0.330. The van der Waals surface area contributed by atoms with E-state index in [4.69, 9.17) is 9.46 Å². The van der Waals surface area contributed by atoms with Crippen molar-refractivity contribution in [2.45, 2.75) is 0 Å². The Bertz CT molecular complexity index is 83.0. The van der Waals surface area contributed by atoms with Gasteiger partial charge >= 0.3 is 0 Å². The molecular weight excluding hydrogens is 120 g/mol. The summed E-state index contributed by atoms with van der Waals surface area (Å²) in [6.45, 7) is -0.330. The van der Waals surface area contributed by atoms with Crippen molar-refractivity contribution in [3.8, 4) is 0 Å². The summed E-state index contributed by atoms with van der Waals surface area (Å²) in [5, 5.41) is 2.26. The van der Waals surface area contributed by atoms with E-state index in [0.29, 0.717) is 0 Å². The minimum atomic E-state index is -2.11. The van der Waals surface area contributed by atoms with E-state index in [0.717, 1.165) is 0 Å². The molecule has 0 heterocycles. The lowest BCUT2D eigenvalue weighted by Crippen LogP contribution is -2.14. The standard InChI is InChI=1S/CH4N2O3S/c4-2-1-3-7(5)6/h3H,1H2,(H,5,6). The summed E-state index contributed by atoms with van der Waals surface area (Å²) in [6, 6.07) is 0. The highest BCUT2D eigenvalue weighted by molar-refractivity contribution is 7.77. The molecule has 0 aromatic heterocycles. The number of hydrogen-bond acceptors (Lipinski definition) is 3. The van der Waals surface area contributed by atoms with E-state index >= 15 is 0 Å². The number of nitroso groups, excluding NO2 is 1. The SMILES string of the molecule is O=NCNS(=O)O. The van der Waals surface area contributed by atoms with Crippen LogP contribution in [0.2, 0.25) is 0 Å².